The zero-order valence-electron chi connectivity index (χ0n) is 20.0. The lowest BCUT2D eigenvalue weighted by molar-refractivity contribution is -0.703. The van der Waals surface area contributed by atoms with Crippen molar-refractivity contribution in [2.24, 2.45) is 11.7 Å². The zero-order chi connectivity index (χ0) is 24.1. The van der Waals surface area contributed by atoms with Gasteiger partial charge in [0.2, 0.25) is 5.91 Å². The summed E-state index contributed by atoms with van der Waals surface area (Å²) in [5, 5.41) is 0. The molecule has 0 radical (unpaired) electrons. The minimum absolute atomic E-state index is 0.0963. The fraction of sp³-hybridized carbons (Fsp3) is 0.393. The Kier molecular flexibility index (Phi) is 7.15. The molecule has 1 aromatic heterocycles. The van der Waals surface area contributed by atoms with Crippen molar-refractivity contribution in [2.45, 2.75) is 57.5 Å². The molecule has 0 bridgehead atoms. The van der Waals surface area contributed by atoms with Crippen LogP contribution >= 0.6 is 0 Å². The maximum absolute atomic E-state index is 13.3. The van der Waals surface area contributed by atoms with Crippen molar-refractivity contribution in [3.8, 4) is 0 Å². The molecule has 2 aromatic carbocycles. The normalized spacial score (nSPS) is 18.1. The summed E-state index contributed by atoms with van der Waals surface area (Å²) in [5.74, 6) is 0.725. The van der Waals surface area contributed by atoms with Crippen LogP contribution in [0.2, 0.25) is 0 Å². The Morgan fingerprint density at radius 2 is 1.68 bits per heavy atom. The second-order valence-corrected chi connectivity index (χ2v) is 9.21. The fourth-order valence-corrected chi connectivity index (χ4v) is 5.72. The summed E-state index contributed by atoms with van der Waals surface area (Å²) < 4.78 is 9.59. The summed E-state index contributed by atoms with van der Waals surface area (Å²) in [6, 6.07) is 20.3. The number of nitrogens with two attached hydrogens (primary N) is 1. The molecular weight excluding hydrogens is 426 g/mol. The monoisotopic (exact) mass is 460 g/mol. The van der Waals surface area contributed by atoms with Crippen molar-refractivity contribution < 1.29 is 18.9 Å². The topological polar surface area (TPSA) is 78.2 Å². The van der Waals surface area contributed by atoms with E-state index in [0.29, 0.717) is 12.6 Å². The van der Waals surface area contributed by atoms with Gasteiger partial charge in [-0.25, -0.2) is 9.13 Å². The first-order valence-electron chi connectivity index (χ1n) is 12.1. The smallest absolute Gasteiger partial charge is 0.302 e. The van der Waals surface area contributed by atoms with Gasteiger partial charge in [0.05, 0.1) is 13.2 Å². The molecule has 4 rings (SSSR count). The predicted octanol–water partition coefficient (Wildman–Crippen LogP) is 3.85. The highest BCUT2D eigenvalue weighted by Gasteiger charge is 2.51. The Hall–Kier alpha value is -3.41. The van der Waals surface area contributed by atoms with Crippen molar-refractivity contribution in [2.75, 3.05) is 6.61 Å². The van der Waals surface area contributed by atoms with Crippen LogP contribution in [0.25, 0.3) is 0 Å². The molecule has 1 aliphatic carbocycles. The van der Waals surface area contributed by atoms with Gasteiger partial charge in [0, 0.05) is 20.3 Å². The molecule has 34 heavy (non-hydrogen) atoms. The van der Waals surface area contributed by atoms with Crippen molar-refractivity contribution in [3.63, 3.8) is 0 Å². The van der Waals surface area contributed by atoms with E-state index in [0.717, 1.165) is 49.2 Å². The number of benzene rings is 2. The van der Waals surface area contributed by atoms with Crippen LogP contribution in [0.5, 0.6) is 0 Å². The minimum atomic E-state index is -0.863. The number of primary amides is 1. The summed E-state index contributed by atoms with van der Waals surface area (Å²) in [6.07, 6.45) is 7.77. The molecule has 6 heteroatoms. The number of rotatable bonds is 9. The average Bonchev–Trinajstić information content (AvgIpc) is 3.45. The third-order valence-electron chi connectivity index (χ3n) is 7.30. The quantitative estimate of drug-likeness (QED) is 0.299. The highest BCUT2D eigenvalue weighted by molar-refractivity contribution is 5.91. The summed E-state index contributed by atoms with van der Waals surface area (Å²) in [4.78, 5) is 24.3. The van der Waals surface area contributed by atoms with Gasteiger partial charge in [-0.1, -0.05) is 60.7 Å². The SMILES string of the molecule is CC(=O)OCCC[n+]1ccn([C@H]2CC[C@H](C(C(N)=O)(c3ccccc3)c3ccccc3)C2)c1C. The van der Waals surface area contributed by atoms with E-state index >= 15 is 0 Å². The molecule has 6 nitrogen and oxygen atoms in total. The van der Waals surface area contributed by atoms with Crippen molar-refractivity contribution in [3.05, 3.63) is 90.0 Å². The van der Waals surface area contributed by atoms with Crippen LogP contribution in [-0.4, -0.2) is 23.1 Å². The lowest BCUT2D eigenvalue weighted by atomic mass is 9.64. The van der Waals surface area contributed by atoms with E-state index in [9.17, 15) is 9.59 Å². The van der Waals surface area contributed by atoms with Gasteiger partial charge in [0.25, 0.3) is 5.82 Å². The highest BCUT2D eigenvalue weighted by Crippen LogP contribution is 2.49. The molecule has 0 spiro atoms. The molecule has 2 atom stereocenters. The van der Waals surface area contributed by atoms with E-state index in [1.54, 1.807) is 0 Å². The molecule has 0 aliphatic heterocycles. The first-order valence-corrected chi connectivity index (χ1v) is 12.1. The van der Waals surface area contributed by atoms with Crippen LogP contribution in [0, 0.1) is 12.8 Å². The number of hydrogen-bond acceptors (Lipinski definition) is 3. The van der Waals surface area contributed by atoms with E-state index in [1.807, 2.05) is 60.7 Å². The zero-order valence-corrected chi connectivity index (χ0v) is 20.0. The van der Waals surface area contributed by atoms with Gasteiger partial charge in [-0.3, -0.25) is 9.59 Å². The number of hydrogen-bond donors (Lipinski definition) is 1. The van der Waals surface area contributed by atoms with Crippen LogP contribution in [-0.2, 0) is 26.3 Å². The maximum atomic E-state index is 13.3. The van der Waals surface area contributed by atoms with E-state index in [1.165, 1.54) is 6.92 Å². The van der Waals surface area contributed by atoms with Gasteiger partial charge < -0.3 is 10.5 Å². The highest BCUT2D eigenvalue weighted by atomic mass is 16.5. The molecule has 1 heterocycles. The van der Waals surface area contributed by atoms with E-state index < -0.39 is 5.41 Å². The molecule has 1 saturated carbocycles. The average molecular weight is 461 g/mol. The molecule has 1 fully saturated rings. The Labute approximate surface area is 201 Å². The Balaban J connectivity index is 1.60. The number of aromatic nitrogens is 2. The first-order chi connectivity index (χ1) is 16.4. The van der Waals surface area contributed by atoms with Crippen LogP contribution in [0.4, 0.5) is 0 Å². The second-order valence-electron chi connectivity index (χ2n) is 9.21. The molecular formula is C28H34N3O3+. The maximum Gasteiger partial charge on any atom is 0.302 e. The Bertz CT molecular complexity index is 1080. The largest absolute Gasteiger partial charge is 0.466 e. The molecule has 0 unspecified atom stereocenters. The summed E-state index contributed by atoms with van der Waals surface area (Å²) in [5.41, 5.74) is 7.30. The number of nitrogens with zero attached hydrogens (tertiary/aromatic N) is 2. The number of esters is 1. The van der Waals surface area contributed by atoms with Crippen LogP contribution in [0.3, 0.4) is 0 Å². The molecule has 0 saturated heterocycles. The number of carbonyl (C=O) groups is 2. The molecule has 3 aromatic rings. The second kappa shape index (κ2) is 10.2. The van der Waals surface area contributed by atoms with Gasteiger partial charge in [-0.15, -0.1) is 0 Å². The number of ether oxygens (including phenoxy) is 1. The Morgan fingerprint density at radius 1 is 1.06 bits per heavy atom. The number of aryl methyl sites for hydroxylation is 1. The van der Waals surface area contributed by atoms with Gasteiger partial charge in [-0.05, 0) is 36.3 Å². The molecule has 2 N–H and O–H groups in total. The summed E-state index contributed by atoms with van der Waals surface area (Å²) >= 11 is 0. The van der Waals surface area contributed by atoms with Crippen LogP contribution in [0.1, 0.15) is 55.6 Å². The lowest BCUT2D eigenvalue weighted by Crippen LogP contribution is -2.47. The molecule has 1 amide bonds. The number of carbonyl (C=O) groups excluding carboxylic acids is 2. The van der Waals surface area contributed by atoms with E-state index in [2.05, 4.69) is 28.5 Å². The predicted molar refractivity (Wildman–Crippen MR) is 130 cm³/mol. The van der Waals surface area contributed by atoms with E-state index in [-0.39, 0.29) is 17.8 Å². The summed E-state index contributed by atoms with van der Waals surface area (Å²) in [6.45, 7) is 4.77. The van der Waals surface area contributed by atoms with Crippen molar-refractivity contribution >= 4 is 11.9 Å². The van der Waals surface area contributed by atoms with Gasteiger partial charge >= 0.3 is 5.97 Å². The standard InChI is InChI=1S/C28H33N3O3/c1-21-30(16-9-19-34-22(2)32)17-18-31(21)26-15-14-25(20-26)28(27(29)33,23-10-5-3-6-11-23)24-12-7-4-8-13-24/h3-8,10-13,17-18,25-26H,9,14-16,19-20H2,1-2H3,(H-,29,33)/p+1/t25-,26-/m0/s1. The number of amides is 1. The minimum Gasteiger partial charge on any atom is -0.466 e. The number of imidazole rings is 1. The fourth-order valence-electron chi connectivity index (χ4n) is 5.72. The van der Waals surface area contributed by atoms with Gasteiger partial charge in [-0.2, -0.15) is 0 Å². The summed E-state index contributed by atoms with van der Waals surface area (Å²) in [7, 11) is 0. The first kappa shape index (κ1) is 23.7. The van der Waals surface area contributed by atoms with Crippen molar-refractivity contribution in [1.29, 1.82) is 0 Å². The Morgan fingerprint density at radius 3 is 2.24 bits per heavy atom. The van der Waals surface area contributed by atoms with Gasteiger partial charge in [0.1, 0.15) is 23.9 Å². The van der Waals surface area contributed by atoms with E-state index in [4.69, 9.17) is 10.5 Å². The molecule has 178 valence electrons. The van der Waals surface area contributed by atoms with Crippen LogP contribution < -0.4 is 10.3 Å². The van der Waals surface area contributed by atoms with Crippen molar-refractivity contribution in [1.82, 2.24) is 4.57 Å². The lowest BCUT2D eigenvalue weighted by Gasteiger charge is -2.37. The molecule has 1 aliphatic rings. The van der Waals surface area contributed by atoms with Gasteiger partial charge in [0.15, 0.2) is 0 Å². The van der Waals surface area contributed by atoms with Crippen LogP contribution in [0.15, 0.2) is 73.1 Å². The third-order valence-corrected chi connectivity index (χ3v) is 7.30. The third kappa shape index (κ3) is 4.49.